The van der Waals surface area contributed by atoms with Crippen LogP contribution in [0.2, 0.25) is 0 Å². The van der Waals surface area contributed by atoms with Crippen LogP contribution < -0.4 is 16.0 Å². The molecular weight excluding hydrogens is 393 g/mol. The first-order valence-electron chi connectivity index (χ1n) is 7.52. The Bertz CT molecular complexity index is 771. The van der Waals surface area contributed by atoms with Crippen LogP contribution in [0.1, 0.15) is 16.8 Å². The third kappa shape index (κ3) is 5.84. The zero-order valence-electron chi connectivity index (χ0n) is 13.2. The predicted octanol–water partition coefficient (Wildman–Crippen LogP) is 3.34. The fourth-order valence-electron chi connectivity index (χ4n) is 2.04. The molecule has 0 radical (unpaired) electrons. The van der Waals surface area contributed by atoms with E-state index in [0.717, 1.165) is 16.6 Å². The van der Waals surface area contributed by atoms with Gasteiger partial charge in [0.2, 0.25) is 0 Å². The molecule has 8 heteroatoms. The van der Waals surface area contributed by atoms with Gasteiger partial charge in [-0.2, -0.15) is 0 Å². The molecule has 2 aromatic rings. The SMILES string of the molecule is O=C(Nc1cccc(Br)c1)Nc1cc(F)ccc1C(=O)NCCCO. The Labute approximate surface area is 152 Å². The molecule has 0 aliphatic rings. The van der Waals surface area contributed by atoms with Crippen LogP contribution in [0, 0.1) is 5.82 Å². The van der Waals surface area contributed by atoms with Crippen molar-refractivity contribution in [2.75, 3.05) is 23.8 Å². The van der Waals surface area contributed by atoms with Gasteiger partial charge in [0.05, 0.1) is 11.3 Å². The number of amides is 3. The second-order valence-corrected chi connectivity index (χ2v) is 6.03. The van der Waals surface area contributed by atoms with Crippen molar-refractivity contribution in [3.8, 4) is 0 Å². The molecule has 0 aliphatic heterocycles. The molecule has 0 fully saturated rings. The summed E-state index contributed by atoms with van der Waals surface area (Å²) in [6.07, 6.45) is 0.402. The number of anilines is 2. The number of carbonyl (C=O) groups is 2. The van der Waals surface area contributed by atoms with E-state index in [-0.39, 0.29) is 24.4 Å². The molecule has 0 aromatic heterocycles. The standard InChI is InChI=1S/C17H17BrFN3O3/c18-11-3-1-4-13(9-11)21-17(25)22-15-10-12(19)5-6-14(15)16(24)20-7-2-8-23/h1,3-6,9-10,23H,2,7-8H2,(H,20,24)(H2,21,22,25). The van der Waals surface area contributed by atoms with Crippen molar-refractivity contribution in [3.05, 3.63) is 58.3 Å². The van der Waals surface area contributed by atoms with Gasteiger partial charge < -0.3 is 21.1 Å². The normalized spacial score (nSPS) is 10.2. The molecule has 0 unspecified atom stereocenters. The third-order valence-corrected chi connectivity index (χ3v) is 3.67. The molecule has 2 rings (SSSR count). The van der Waals surface area contributed by atoms with Crippen molar-refractivity contribution >= 4 is 39.2 Å². The lowest BCUT2D eigenvalue weighted by Crippen LogP contribution is -2.27. The van der Waals surface area contributed by atoms with Gasteiger partial charge in [-0.1, -0.05) is 22.0 Å². The van der Waals surface area contributed by atoms with E-state index in [4.69, 9.17) is 5.11 Å². The summed E-state index contributed by atoms with van der Waals surface area (Å²) in [7, 11) is 0. The first-order valence-corrected chi connectivity index (χ1v) is 8.31. The van der Waals surface area contributed by atoms with Crippen molar-refractivity contribution in [2.24, 2.45) is 0 Å². The van der Waals surface area contributed by atoms with Crippen LogP contribution in [-0.4, -0.2) is 30.2 Å². The average molecular weight is 410 g/mol. The molecule has 3 amide bonds. The summed E-state index contributed by atoms with van der Waals surface area (Å²) < 4.78 is 14.3. The fourth-order valence-corrected chi connectivity index (χ4v) is 2.44. The highest BCUT2D eigenvalue weighted by Crippen LogP contribution is 2.19. The minimum Gasteiger partial charge on any atom is -0.396 e. The minimum absolute atomic E-state index is 0.0500. The number of hydrogen-bond acceptors (Lipinski definition) is 3. The Morgan fingerprint density at radius 2 is 1.92 bits per heavy atom. The quantitative estimate of drug-likeness (QED) is 0.551. The van der Waals surface area contributed by atoms with Gasteiger partial charge in [0, 0.05) is 23.3 Å². The van der Waals surface area contributed by atoms with Gasteiger partial charge in [0.1, 0.15) is 5.82 Å². The number of nitrogens with one attached hydrogen (secondary N) is 3. The van der Waals surface area contributed by atoms with E-state index < -0.39 is 17.8 Å². The molecule has 0 heterocycles. The molecule has 0 saturated heterocycles. The number of aliphatic hydroxyl groups excluding tert-OH is 1. The van der Waals surface area contributed by atoms with Gasteiger partial charge in [-0.05, 0) is 42.8 Å². The summed E-state index contributed by atoms with van der Waals surface area (Å²) in [6.45, 7) is 0.222. The van der Waals surface area contributed by atoms with Crippen molar-refractivity contribution in [1.82, 2.24) is 5.32 Å². The monoisotopic (exact) mass is 409 g/mol. The number of aliphatic hydroxyl groups is 1. The maximum absolute atomic E-state index is 13.5. The van der Waals surface area contributed by atoms with E-state index in [2.05, 4.69) is 31.9 Å². The van der Waals surface area contributed by atoms with Crippen LogP contribution >= 0.6 is 15.9 Å². The van der Waals surface area contributed by atoms with E-state index >= 15 is 0 Å². The van der Waals surface area contributed by atoms with Crippen LogP contribution in [0.4, 0.5) is 20.6 Å². The minimum atomic E-state index is -0.604. The Kier molecular flexibility index (Phi) is 6.91. The third-order valence-electron chi connectivity index (χ3n) is 3.18. The smallest absolute Gasteiger partial charge is 0.323 e. The van der Waals surface area contributed by atoms with Gasteiger partial charge in [0.25, 0.3) is 5.91 Å². The van der Waals surface area contributed by atoms with Crippen LogP contribution in [-0.2, 0) is 0 Å². The number of halogens is 2. The maximum atomic E-state index is 13.5. The fraction of sp³-hybridized carbons (Fsp3) is 0.176. The number of carbonyl (C=O) groups excluding carboxylic acids is 2. The number of hydrogen-bond donors (Lipinski definition) is 4. The number of benzene rings is 2. The lowest BCUT2D eigenvalue weighted by molar-refractivity contribution is 0.0952. The van der Waals surface area contributed by atoms with Crippen molar-refractivity contribution < 1.29 is 19.1 Å². The molecule has 0 bridgehead atoms. The highest BCUT2D eigenvalue weighted by atomic mass is 79.9. The molecule has 0 atom stereocenters. The maximum Gasteiger partial charge on any atom is 0.323 e. The van der Waals surface area contributed by atoms with Crippen molar-refractivity contribution in [3.63, 3.8) is 0 Å². The summed E-state index contributed by atoms with van der Waals surface area (Å²) in [5, 5.41) is 16.4. The van der Waals surface area contributed by atoms with Crippen molar-refractivity contribution in [1.29, 1.82) is 0 Å². The highest BCUT2D eigenvalue weighted by Gasteiger charge is 2.14. The average Bonchev–Trinajstić information content (AvgIpc) is 2.55. The molecule has 25 heavy (non-hydrogen) atoms. The van der Waals surface area contributed by atoms with E-state index in [9.17, 15) is 14.0 Å². The van der Waals surface area contributed by atoms with Gasteiger partial charge in [-0.15, -0.1) is 0 Å². The molecule has 0 saturated carbocycles. The zero-order valence-corrected chi connectivity index (χ0v) is 14.8. The van der Waals surface area contributed by atoms with Gasteiger partial charge >= 0.3 is 6.03 Å². The first kappa shape index (κ1) is 18.9. The Hall–Kier alpha value is -2.45. The summed E-state index contributed by atoms with van der Waals surface area (Å²) in [6, 6.07) is 9.85. The lowest BCUT2D eigenvalue weighted by atomic mass is 10.1. The molecule has 6 nitrogen and oxygen atoms in total. The Morgan fingerprint density at radius 3 is 2.64 bits per heavy atom. The molecule has 132 valence electrons. The second-order valence-electron chi connectivity index (χ2n) is 5.11. The first-order chi connectivity index (χ1) is 12.0. The highest BCUT2D eigenvalue weighted by molar-refractivity contribution is 9.10. The summed E-state index contributed by atoms with van der Waals surface area (Å²) in [5.74, 6) is -1.05. The molecule has 0 spiro atoms. The van der Waals surface area contributed by atoms with Crippen molar-refractivity contribution in [2.45, 2.75) is 6.42 Å². The van der Waals surface area contributed by atoms with Gasteiger partial charge in [0.15, 0.2) is 0 Å². The van der Waals surface area contributed by atoms with Crippen LogP contribution in [0.15, 0.2) is 46.9 Å². The second kappa shape index (κ2) is 9.14. The van der Waals surface area contributed by atoms with Crippen LogP contribution in [0.25, 0.3) is 0 Å². The number of urea groups is 1. The van der Waals surface area contributed by atoms with E-state index in [1.54, 1.807) is 18.2 Å². The topological polar surface area (TPSA) is 90.5 Å². The number of rotatable bonds is 6. The van der Waals surface area contributed by atoms with Crippen LogP contribution in [0.3, 0.4) is 0 Å². The van der Waals surface area contributed by atoms with E-state index in [1.807, 2.05) is 6.07 Å². The summed E-state index contributed by atoms with van der Waals surface area (Å²) in [4.78, 5) is 24.3. The predicted molar refractivity (Wildman–Crippen MR) is 97.2 cm³/mol. The Balaban J connectivity index is 2.10. The molecular formula is C17H17BrFN3O3. The Morgan fingerprint density at radius 1 is 1.12 bits per heavy atom. The van der Waals surface area contributed by atoms with E-state index in [1.165, 1.54) is 6.07 Å². The van der Waals surface area contributed by atoms with Crippen LogP contribution in [0.5, 0.6) is 0 Å². The van der Waals surface area contributed by atoms with Gasteiger partial charge in [-0.3, -0.25) is 4.79 Å². The zero-order chi connectivity index (χ0) is 18.2. The van der Waals surface area contributed by atoms with E-state index in [0.29, 0.717) is 12.1 Å². The van der Waals surface area contributed by atoms with Gasteiger partial charge in [-0.25, -0.2) is 9.18 Å². The summed E-state index contributed by atoms with van der Waals surface area (Å²) >= 11 is 3.30. The molecule has 2 aromatic carbocycles. The molecule has 0 aliphatic carbocycles. The lowest BCUT2D eigenvalue weighted by Gasteiger charge is -2.12. The largest absolute Gasteiger partial charge is 0.396 e. The summed E-state index contributed by atoms with van der Waals surface area (Å²) in [5.41, 5.74) is 0.718. The molecule has 4 N–H and O–H groups in total.